The summed E-state index contributed by atoms with van der Waals surface area (Å²) < 4.78 is 0. The van der Waals surface area contributed by atoms with Crippen molar-refractivity contribution in [1.29, 1.82) is 0 Å². The molecule has 4 heteroatoms. The molecular formula is C12H17N3O. The molecule has 86 valence electrons. The average molecular weight is 219 g/mol. The number of aromatic nitrogens is 2. The van der Waals surface area contributed by atoms with Crippen LogP contribution in [0, 0.1) is 0 Å². The second-order valence-electron chi connectivity index (χ2n) is 4.50. The van der Waals surface area contributed by atoms with Crippen molar-refractivity contribution < 1.29 is 4.79 Å². The van der Waals surface area contributed by atoms with Gasteiger partial charge in [0.25, 0.3) is 0 Å². The fraction of sp³-hybridized carbons (Fsp3) is 0.583. The molecule has 0 atom stereocenters. The Balaban J connectivity index is 2.03. The zero-order valence-electron chi connectivity index (χ0n) is 9.81. The fourth-order valence-electron chi connectivity index (χ4n) is 1.88. The molecule has 0 aromatic carbocycles. The second kappa shape index (κ2) is 4.60. The molecule has 1 aromatic rings. The van der Waals surface area contributed by atoms with Gasteiger partial charge in [-0.15, -0.1) is 5.10 Å². The van der Waals surface area contributed by atoms with E-state index in [-0.39, 0.29) is 5.78 Å². The van der Waals surface area contributed by atoms with Crippen LogP contribution < -0.4 is 4.90 Å². The molecule has 0 radical (unpaired) electrons. The second-order valence-corrected chi connectivity index (χ2v) is 4.50. The Morgan fingerprint density at radius 1 is 1.44 bits per heavy atom. The first-order valence-corrected chi connectivity index (χ1v) is 5.71. The molecule has 4 nitrogen and oxygen atoms in total. The molecule has 0 aliphatic heterocycles. The van der Waals surface area contributed by atoms with Gasteiger partial charge in [0.05, 0.1) is 12.2 Å². The zero-order chi connectivity index (χ0) is 11.5. The number of Topliss-reactive ketones (excluding diaryl/α,β-unsaturated/α-hetero) is 1. The lowest BCUT2D eigenvalue weighted by Crippen LogP contribution is -2.25. The minimum atomic E-state index is 0.132. The number of carbonyl (C=O) groups is 1. The minimum Gasteiger partial charge on any atom is -0.351 e. The first kappa shape index (κ1) is 11.0. The van der Waals surface area contributed by atoms with Gasteiger partial charge in [-0.25, -0.2) is 0 Å². The summed E-state index contributed by atoms with van der Waals surface area (Å²) in [5, 5.41) is 8.38. The number of rotatable bonds is 4. The van der Waals surface area contributed by atoms with Crippen molar-refractivity contribution in [3.63, 3.8) is 0 Å². The maximum Gasteiger partial charge on any atom is 0.151 e. The van der Waals surface area contributed by atoms with Gasteiger partial charge in [-0.2, -0.15) is 5.10 Å². The normalized spacial score (nSPS) is 15.6. The number of likely N-dealkylation sites (N-methyl/N-ethyl adjacent to an activating group) is 1. The molecule has 0 unspecified atom stereocenters. The number of carbonyl (C=O) groups excluding carboxylic acids is 1. The standard InChI is InChI=1S/C12H17N3O/c1-9(16)8-15(2)12-7-6-11(13-14-12)10-4-3-5-10/h6-7,10H,3-5,8H2,1-2H3. The topological polar surface area (TPSA) is 46.1 Å². The lowest BCUT2D eigenvalue weighted by molar-refractivity contribution is -0.115. The summed E-state index contributed by atoms with van der Waals surface area (Å²) in [4.78, 5) is 12.8. The highest BCUT2D eigenvalue weighted by Gasteiger charge is 2.21. The van der Waals surface area contributed by atoms with Crippen molar-refractivity contribution >= 4 is 11.6 Å². The molecular weight excluding hydrogens is 202 g/mol. The molecule has 0 bridgehead atoms. The third-order valence-corrected chi connectivity index (χ3v) is 3.05. The lowest BCUT2D eigenvalue weighted by Gasteiger charge is -2.24. The van der Waals surface area contributed by atoms with E-state index in [1.807, 2.05) is 24.1 Å². The van der Waals surface area contributed by atoms with Crippen LogP contribution in [0.5, 0.6) is 0 Å². The molecule has 1 aromatic heterocycles. The molecule has 0 saturated heterocycles. The summed E-state index contributed by atoms with van der Waals surface area (Å²) in [6.45, 7) is 1.96. The Bertz CT molecular complexity index is 370. The van der Waals surface area contributed by atoms with Crippen LogP contribution in [-0.4, -0.2) is 29.6 Å². The highest BCUT2D eigenvalue weighted by Crippen LogP contribution is 2.34. The zero-order valence-corrected chi connectivity index (χ0v) is 9.81. The summed E-state index contributed by atoms with van der Waals surface area (Å²) in [7, 11) is 1.86. The average Bonchev–Trinajstić information content (AvgIpc) is 2.15. The fourth-order valence-corrected chi connectivity index (χ4v) is 1.88. The first-order chi connectivity index (χ1) is 7.66. The summed E-state index contributed by atoms with van der Waals surface area (Å²) in [6, 6.07) is 3.98. The Labute approximate surface area is 95.7 Å². The smallest absolute Gasteiger partial charge is 0.151 e. The van der Waals surface area contributed by atoms with Crippen LogP contribution in [0.15, 0.2) is 12.1 Å². The van der Waals surface area contributed by atoms with Crippen molar-refractivity contribution in [2.24, 2.45) is 0 Å². The van der Waals surface area contributed by atoms with Gasteiger partial charge in [0.1, 0.15) is 5.78 Å². The van der Waals surface area contributed by atoms with E-state index < -0.39 is 0 Å². The van der Waals surface area contributed by atoms with Gasteiger partial charge >= 0.3 is 0 Å². The van der Waals surface area contributed by atoms with E-state index in [2.05, 4.69) is 10.2 Å². The predicted octanol–water partition coefficient (Wildman–Crippen LogP) is 1.77. The van der Waals surface area contributed by atoms with E-state index in [9.17, 15) is 4.79 Å². The van der Waals surface area contributed by atoms with Crippen LogP contribution in [0.2, 0.25) is 0 Å². The van der Waals surface area contributed by atoms with Crippen molar-refractivity contribution in [3.8, 4) is 0 Å². The Kier molecular flexibility index (Phi) is 3.17. The van der Waals surface area contributed by atoms with Gasteiger partial charge < -0.3 is 4.90 Å². The van der Waals surface area contributed by atoms with Crippen molar-refractivity contribution in [1.82, 2.24) is 10.2 Å². The maximum atomic E-state index is 11.0. The van der Waals surface area contributed by atoms with Crippen molar-refractivity contribution in [2.45, 2.75) is 32.1 Å². The van der Waals surface area contributed by atoms with Gasteiger partial charge in [0.15, 0.2) is 5.82 Å². The highest BCUT2D eigenvalue weighted by atomic mass is 16.1. The van der Waals surface area contributed by atoms with E-state index in [4.69, 9.17) is 0 Å². The third kappa shape index (κ3) is 2.38. The van der Waals surface area contributed by atoms with Crippen molar-refractivity contribution in [3.05, 3.63) is 17.8 Å². The molecule has 1 heterocycles. The molecule has 2 rings (SSSR count). The summed E-state index contributed by atoms with van der Waals surface area (Å²) in [5.74, 6) is 1.50. The van der Waals surface area contributed by atoms with Crippen LogP contribution in [0.1, 0.15) is 37.8 Å². The molecule has 1 fully saturated rings. The molecule has 16 heavy (non-hydrogen) atoms. The number of hydrogen-bond acceptors (Lipinski definition) is 4. The lowest BCUT2D eigenvalue weighted by atomic mass is 9.83. The SMILES string of the molecule is CC(=O)CN(C)c1ccc(C2CCC2)nn1. The minimum absolute atomic E-state index is 0.132. The third-order valence-electron chi connectivity index (χ3n) is 3.05. The van der Waals surface area contributed by atoms with E-state index in [1.54, 1.807) is 6.92 Å². The Morgan fingerprint density at radius 2 is 2.19 bits per heavy atom. The van der Waals surface area contributed by atoms with E-state index in [0.717, 1.165) is 11.5 Å². The quantitative estimate of drug-likeness (QED) is 0.774. The molecule has 0 amide bonds. The van der Waals surface area contributed by atoms with Crippen LogP contribution in [0.4, 0.5) is 5.82 Å². The van der Waals surface area contributed by atoms with Crippen LogP contribution >= 0.6 is 0 Å². The first-order valence-electron chi connectivity index (χ1n) is 5.71. The summed E-state index contributed by atoms with van der Waals surface area (Å²) in [5.41, 5.74) is 1.09. The highest BCUT2D eigenvalue weighted by molar-refractivity contribution is 5.80. The van der Waals surface area contributed by atoms with Crippen molar-refractivity contribution in [2.75, 3.05) is 18.5 Å². The van der Waals surface area contributed by atoms with Gasteiger partial charge in [0.2, 0.25) is 0 Å². The van der Waals surface area contributed by atoms with E-state index in [0.29, 0.717) is 12.5 Å². The van der Waals surface area contributed by atoms with E-state index >= 15 is 0 Å². The maximum absolute atomic E-state index is 11.0. The molecule has 0 spiro atoms. The largest absolute Gasteiger partial charge is 0.351 e. The monoisotopic (exact) mass is 219 g/mol. The van der Waals surface area contributed by atoms with Gasteiger partial charge in [-0.1, -0.05) is 6.42 Å². The number of hydrogen-bond donors (Lipinski definition) is 0. The Hall–Kier alpha value is -1.45. The summed E-state index contributed by atoms with van der Waals surface area (Å²) >= 11 is 0. The Morgan fingerprint density at radius 3 is 2.62 bits per heavy atom. The van der Waals surface area contributed by atoms with Gasteiger partial charge in [-0.3, -0.25) is 4.79 Å². The number of nitrogens with zero attached hydrogens (tertiary/aromatic N) is 3. The predicted molar refractivity (Wildman–Crippen MR) is 62.6 cm³/mol. The summed E-state index contributed by atoms with van der Waals surface area (Å²) in [6.07, 6.45) is 3.77. The number of ketones is 1. The van der Waals surface area contributed by atoms with E-state index in [1.165, 1.54) is 19.3 Å². The molecule has 1 saturated carbocycles. The number of anilines is 1. The van der Waals surface area contributed by atoms with Crippen LogP contribution in [-0.2, 0) is 4.79 Å². The van der Waals surface area contributed by atoms with Crippen LogP contribution in [0.3, 0.4) is 0 Å². The molecule has 1 aliphatic rings. The van der Waals surface area contributed by atoms with Gasteiger partial charge in [0, 0.05) is 13.0 Å². The van der Waals surface area contributed by atoms with Gasteiger partial charge in [-0.05, 0) is 31.9 Å². The molecule has 0 N–H and O–H groups in total. The van der Waals surface area contributed by atoms with Crippen LogP contribution in [0.25, 0.3) is 0 Å². The molecule has 1 aliphatic carbocycles.